The molecule has 1 atom stereocenters. The van der Waals surface area contributed by atoms with Gasteiger partial charge in [-0.3, -0.25) is 9.63 Å². The molecule has 0 aromatic heterocycles. The van der Waals surface area contributed by atoms with Crippen molar-refractivity contribution in [1.82, 2.24) is 5.48 Å². The van der Waals surface area contributed by atoms with Crippen LogP contribution in [0.2, 0.25) is 0 Å². The summed E-state index contributed by atoms with van der Waals surface area (Å²) in [6.45, 7) is 4.00. The maximum Gasteiger partial charge on any atom is 0.253 e. The van der Waals surface area contributed by atoms with Crippen molar-refractivity contribution in [2.24, 2.45) is 5.41 Å². The van der Waals surface area contributed by atoms with Crippen molar-refractivity contribution in [3.63, 3.8) is 0 Å². The van der Waals surface area contributed by atoms with Crippen LogP contribution < -0.4 is 5.48 Å². The minimum absolute atomic E-state index is 0.0478. The smallest absolute Gasteiger partial charge is 0.253 e. The van der Waals surface area contributed by atoms with E-state index < -0.39 is 5.41 Å². The van der Waals surface area contributed by atoms with Gasteiger partial charge in [0.1, 0.15) is 0 Å². The third-order valence-corrected chi connectivity index (χ3v) is 3.81. The number of amides is 1. The maximum atomic E-state index is 12.3. The van der Waals surface area contributed by atoms with E-state index in [0.29, 0.717) is 0 Å². The minimum Gasteiger partial charge on any atom is -0.272 e. The molecule has 1 N–H and O–H groups in total. The SMILES string of the molecule is CC1=CC=CC(C)(C(=O)NOC2CCC=CCC2)C1. The van der Waals surface area contributed by atoms with Gasteiger partial charge in [-0.15, -0.1) is 0 Å². The monoisotopic (exact) mass is 261 g/mol. The van der Waals surface area contributed by atoms with Gasteiger partial charge in [0.2, 0.25) is 0 Å². The molecule has 2 aliphatic carbocycles. The lowest BCUT2D eigenvalue weighted by atomic mass is 9.80. The van der Waals surface area contributed by atoms with E-state index in [0.717, 1.165) is 32.1 Å². The minimum atomic E-state index is -0.484. The van der Waals surface area contributed by atoms with Gasteiger partial charge in [0.25, 0.3) is 5.91 Å². The highest BCUT2D eigenvalue weighted by Crippen LogP contribution is 2.31. The molecule has 104 valence electrons. The molecule has 3 nitrogen and oxygen atoms in total. The number of carbonyl (C=O) groups excluding carboxylic acids is 1. The Morgan fingerprint density at radius 3 is 2.68 bits per heavy atom. The van der Waals surface area contributed by atoms with Gasteiger partial charge >= 0.3 is 0 Å². The summed E-state index contributed by atoms with van der Waals surface area (Å²) in [7, 11) is 0. The van der Waals surface area contributed by atoms with Crippen LogP contribution in [0.5, 0.6) is 0 Å². The van der Waals surface area contributed by atoms with Crippen LogP contribution in [0.4, 0.5) is 0 Å². The van der Waals surface area contributed by atoms with E-state index in [1.165, 1.54) is 5.57 Å². The molecule has 2 rings (SSSR count). The summed E-state index contributed by atoms with van der Waals surface area (Å²) >= 11 is 0. The number of hydrogen-bond acceptors (Lipinski definition) is 2. The van der Waals surface area contributed by atoms with E-state index in [4.69, 9.17) is 4.84 Å². The molecular weight excluding hydrogens is 238 g/mol. The molecule has 0 aromatic carbocycles. The highest BCUT2D eigenvalue weighted by atomic mass is 16.7. The Morgan fingerprint density at radius 1 is 1.37 bits per heavy atom. The molecule has 0 aromatic rings. The van der Waals surface area contributed by atoms with Gasteiger partial charge in [0.15, 0.2) is 0 Å². The fraction of sp³-hybridized carbons (Fsp3) is 0.562. The van der Waals surface area contributed by atoms with Crippen LogP contribution in [0, 0.1) is 5.41 Å². The van der Waals surface area contributed by atoms with Crippen LogP contribution >= 0.6 is 0 Å². The van der Waals surface area contributed by atoms with Crippen LogP contribution in [0.25, 0.3) is 0 Å². The predicted octanol–water partition coefficient (Wildman–Crippen LogP) is 3.45. The summed E-state index contributed by atoms with van der Waals surface area (Å²) in [5.41, 5.74) is 3.40. The number of rotatable bonds is 3. The number of hydroxylamine groups is 1. The molecular formula is C16H23NO2. The average molecular weight is 261 g/mol. The van der Waals surface area contributed by atoms with Crippen molar-refractivity contribution in [1.29, 1.82) is 0 Å². The summed E-state index contributed by atoms with van der Waals surface area (Å²) in [4.78, 5) is 17.8. The molecule has 2 aliphatic rings. The van der Waals surface area contributed by atoms with Crippen LogP contribution in [-0.4, -0.2) is 12.0 Å². The van der Waals surface area contributed by atoms with Gasteiger partial charge < -0.3 is 0 Å². The third-order valence-electron chi connectivity index (χ3n) is 3.81. The van der Waals surface area contributed by atoms with E-state index in [-0.39, 0.29) is 12.0 Å². The Balaban J connectivity index is 1.84. The van der Waals surface area contributed by atoms with Gasteiger partial charge in [-0.05, 0) is 46.0 Å². The number of allylic oxidation sites excluding steroid dienone is 5. The van der Waals surface area contributed by atoms with Crippen LogP contribution in [0.15, 0.2) is 36.0 Å². The van der Waals surface area contributed by atoms with Crippen LogP contribution in [0.1, 0.15) is 46.0 Å². The van der Waals surface area contributed by atoms with Gasteiger partial charge in [-0.1, -0.05) is 36.0 Å². The van der Waals surface area contributed by atoms with Crippen LogP contribution in [-0.2, 0) is 9.63 Å². The van der Waals surface area contributed by atoms with Crippen molar-refractivity contribution in [3.05, 3.63) is 36.0 Å². The van der Waals surface area contributed by atoms with E-state index in [9.17, 15) is 4.79 Å². The molecule has 3 heteroatoms. The first-order chi connectivity index (χ1) is 9.10. The van der Waals surface area contributed by atoms with E-state index in [2.05, 4.69) is 17.6 Å². The van der Waals surface area contributed by atoms with Gasteiger partial charge in [-0.2, -0.15) is 0 Å². The first kappa shape index (κ1) is 14.1. The van der Waals surface area contributed by atoms with Crippen molar-refractivity contribution < 1.29 is 9.63 Å². The zero-order valence-electron chi connectivity index (χ0n) is 11.8. The Kier molecular flexibility index (Phi) is 4.59. The topological polar surface area (TPSA) is 38.3 Å². The maximum absolute atomic E-state index is 12.3. The van der Waals surface area contributed by atoms with Crippen molar-refractivity contribution in [2.75, 3.05) is 0 Å². The molecule has 0 saturated heterocycles. The second-order valence-electron chi connectivity index (χ2n) is 5.76. The van der Waals surface area contributed by atoms with Crippen molar-refractivity contribution in [3.8, 4) is 0 Å². The lowest BCUT2D eigenvalue weighted by molar-refractivity contribution is -0.146. The molecule has 19 heavy (non-hydrogen) atoms. The first-order valence-corrected chi connectivity index (χ1v) is 7.06. The first-order valence-electron chi connectivity index (χ1n) is 7.06. The summed E-state index contributed by atoms with van der Waals surface area (Å²) in [5.74, 6) is -0.0478. The normalized spacial score (nSPS) is 27.8. The van der Waals surface area contributed by atoms with Crippen molar-refractivity contribution >= 4 is 5.91 Å². The van der Waals surface area contributed by atoms with E-state index in [1.807, 2.05) is 32.1 Å². The molecule has 1 unspecified atom stereocenters. The molecule has 1 amide bonds. The Labute approximate surface area is 115 Å². The molecule has 0 bridgehead atoms. The fourth-order valence-electron chi connectivity index (χ4n) is 2.59. The molecule has 0 saturated carbocycles. The summed E-state index contributed by atoms with van der Waals surface area (Å²) < 4.78 is 0. The summed E-state index contributed by atoms with van der Waals surface area (Å²) in [6, 6.07) is 0. The summed E-state index contributed by atoms with van der Waals surface area (Å²) in [6.07, 6.45) is 15.2. The van der Waals surface area contributed by atoms with Crippen LogP contribution in [0.3, 0.4) is 0 Å². The second-order valence-corrected chi connectivity index (χ2v) is 5.76. The molecule has 0 spiro atoms. The molecule has 0 radical (unpaired) electrons. The largest absolute Gasteiger partial charge is 0.272 e. The molecule has 0 fully saturated rings. The number of hydrogen-bond donors (Lipinski definition) is 1. The molecule has 0 heterocycles. The van der Waals surface area contributed by atoms with Gasteiger partial charge in [0, 0.05) is 0 Å². The number of nitrogens with one attached hydrogen (secondary N) is 1. The second kappa shape index (κ2) is 6.20. The Morgan fingerprint density at radius 2 is 2.05 bits per heavy atom. The predicted molar refractivity (Wildman–Crippen MR) is 76.2 cm³/mol. The lowest BCUT2D eigenvalue weighted by Gasteiger charge is -2.28. The van der Waals surface area contributed by atoms with Gasteiger partial charge in [-0.25, -0.2) is 5.48 Å². The fourth-order valence-corrected chi connectivity index (χ4v) is 2.59. The molecule has 0 aliphatic heterocycles. The van der Waals surface area contributed by atoms with E-state index >= 15 is 0 Å². The van der Waals surface area contributed by atoms with Crippen molar-refractivity contribution in [2.45, 2.75) is 52.1 Å². The van der Waals surface area contributed by atoms with Gasteiger partial charge in [0.05, 0.1) is 11.5 Å². The number of carbonyl (C=O) groups is 1. The Hall–Kier alpha value is -1.35. The van der Waals surface area contributed by atoms with E-state index in [1.54, 1.807) is 0 Å². The highest BCUT2D eigenvalue weighted by molar-refractivity contribution is 5.84. The standard InChI is InChI=1S/C16H23NO2/c1-13-8-7-11-16(2,12-13)15(18)17-19-14-9-5-3-4-6-10-14/h3-4,7-8,11,14H,5-6,9-10,12H2,1-2H3,(H,17,18). The summed E-state index contributed by atoms with van der Waals surface area (Å²) in [5, 5.41) is 0. The quantitative estimate of drug-likeness (QED) is 0.624. The highest BCUT2D eigenvalue weighted by Gasteiger charge is 2.32. The lowest BCUT2D eigenvalue weighted by Crippen LogP contribution is -2.40. The zero-order valence-corrected chi connectivity index (χ0v) is 11.8. The average Bonchev–Trinajstić information content (AvgIpc) is 2.64. The third kappa shape index (κ3) is 3.80. The zero-order chi connectivity index (χ0) is 13.7. The Bertz CT molecular complexity index is 412.